The molecule has 1 aromatic rings. The molecule has 0 N–H and O–H groups in total. The van der Waals surface area contributed by atoms with Crippen molar-refractivity contribution < 1.29 is 18.9 Å². The van der Waals surface area contributed by atoms with Crippen molar-refractivity contribution in [3.63, 3.8) is 0 Å². The van der Waals surface area contributed by atoms with E-state index in [-0.39, 0.29) is 5.41 Å². The molecule has 0 aliphatic carbocycles. The average Bonchev–Trinajstić information content (AvgIpc) is 2.41. The molecule has 2 rings (SSSR count). The molecule has 5 heteroatoms. The smallest absolute Gasteiger partial charge is 0.130 e. The van der Waals surface area contributed by atoms with E-state index in [0.29, 0.717) is 36.9 Å². The summed E-state index contributed by atoms with van der Waals surface area (Å²) in [5.41, 5.74) is 0.531. The number of methoxy groups -OCH3 is 3. The zero-order chi connectivity index (χ0) is 13.9. The van der Waals surface area contributed by atoms with Crippen molar-refractivity contribution >= 4 is 0 Å². The van der Waals surface area contributed by atoms with Crippen LogP contribution in [0.1, 0.15) is 12.0 Å². The van der Waals surface area contributed by atoms with E-state index in [1.54, 1.807) is 33.5 Å². The second-order valence-electron chi connectivity index (χ2n) is 4.51. The monoisotopic (exact) mass is 263 g/mol. The van der Waals surface area contributed by atoms with Crippen molar-refractivity contribution in [1.82, 2.24) is 0 Å². The lowest BCUT2D eigenvalue weighted by atomic mass is 9.75. The first-order valence-corrected chi connectivity index (χ1v) is 5.96. The Morgan fingerprint density at radius 3 is 2.05 bits per heavy atom. The minimum Gasteiger partial charge on any atom is -0.496 e. The highest BCUT2D eigenvalue weighted by atomic mass is 16.5. The van der Waals surface area contributed by atoms with Crippen LogP contribution in [0.3, 0.4) is 0 Å². The van der Waals surface area contributed by atoms with Crippen LogP contribution >= 0.6 is 0 Å². The summed E-state index contributed by atoms with van der Waals surface area (Å²) < 4.78 is 21.4. The molecular weight excluding hydrogens is 246 g/mol. The molecule has 102 valence electrons. The van der Waals surface area contributed by atoms with Gasteiger partial charge >= 0.3 is 0 Å². The highest BCUT2D eigenvalue weighted by Crippen LogP contribution is 2.47. The lowest BCUT2D eigenvalue weighted by molar-refractivity contribution is -0.0595. The van der Waals surface area contributed by atoms with Crippen LogP contribution in [0.25, 0.3) is 0 Å². The maximum absolute atomic E-state index is 9.04. The van der Waals surface area contributed by atoms with Crippen molar-refractivity contribution in [3.05, 3.63) is 17.7 Å². The zero-order valence-electron chi connectivity index (χ0n) is 11.4. The summed E-state index contributed by atoms with van der Waals surface area (Å²) in [4.78, 5) is 0. The fraction of sp³-hybridized carbons (Fsp3) is 0.500. The molecule has 0 unspecified atom stereocenters. The van der Waals surface area contributed by atoms with E-state index in [0.717, 1.165) is 5.56 Å². The standard InChI is InChI=1S/C14H17NO4/c1-16-10-6-11(17-2)13(12(7-10)18-3)14(4-5-15)8-19-9-14/h6-7H,4,8-9H2,1-3H3. The predicted octanol–water partition coefficient (Wildman–Crippen LogP) is 1.89. The van der Waals surface area contributed by atoms with Gasteiger partial charge in [0.2, 0.25) is 0 Å². The molecule has 0 amide bonds. The summed E-state index contributed by atoms with van der Waals surface area (Å²) in [7, 11) is 4.78. The number of nitrogens with zero attached hydrogens (tertiary/aromatic N) is 1. The van der Waals surface area contributed by atoms with Crippen LogP contribution in [-0.4, -0.2) is 34.5 Å². The third-order valence-corrected chi connectivity index (χ3v) is 3.42. The van der Waals surface area contributed by atoms with E-state index in [4.69, 9.17) is 24.2 Å². The van der Waals surface area contributed by atoms with Crippen LogP contribution in [0.2, 0.25) is 0 Å². The van der Waals surface area contributed by atoms with Crippen LogP contribution in [0.4, 0.5) is 0 Å². The van der Waals surface area contributed by atoms with E-state index in [9.17, 15) is 0 Å². The maximum atomic E-state index is 9.04. The number of hydrogen-bond donors (Lipinski definition) is 0. The number of benzene rings is 1. The van der Waals surface area contributed by atoms with Gasteiger partial charge in [-0.1, -0.05) is 0 Å². The fourth-order valence-corrected chi connectivity index (χ4v) is 2.36. The molecular formula is C14H17NO4. The number of ether oxygens (including phenoxy) is 4. The van der Waals surface area contributed by atoms with Crippen LogP contribution in [0.15, 0.2) is 12.1 Å². The number of nitriles is 1. The Hall–Kier alpha value is -1.93. The van der Waals surface area contributed by atoms with Crippen molar-refractivity contribution in [1.29, 1.82) is 5.26 Å². The molecule has 1 aliphatic heterocycles. The van der Waals surface area contributed by atoms with Crippen LogP contribution < -0.4 is 14.2 Å². The average molecular weight is 263 g/mol. The Kier molecular flexibility index (Phi) is 3.82. The van der Waals surface area contributed by atoms with Gasteiger partial charge in [-0.3, -0.25) is 0 Å². The SMILES string of the molecule is COc1cc(OC)c(C2(CC#N)COC2)c(OC)c1. The molecule has 1 aromatic carbocycles. The first-order chi connectivity index (χ1) is 9.20. The molecule has 0 atom stereocenters. The molecule has 1 saturated heterocycles. The first kappa shape index (κ1) is 13.5. The zero-order valence-corrected chi connectivity index (χ0v) is 11.4. The van der Waals surface area contributed by atoms with E-state index in [2.05, 4.69) is 6.07 Å². The van der Waals surface area contributed by atoms with Gasteiger partial charge in [-0.25, -0.2) is 0 Å². The Bertz CT molecular complexity index is 478. The summed E-state index contributed by atoms with van der Waals surface area (Å²) in [6.07, 6.45) is 0.367. The molecule has 0 bridgehead atoms. The van der Waals surface area contributed by atoms with Crippen molar-refractivity contribution in [3.8, 4) is 23.3 Å². The van der Waals surface area contributed by atoms with Crippen LogP contribution in [-0.2, 0) is 10.2 Å². The predicted molar refractivity (Wildman–Crippen MR) is 68.8 cm³/mol. The highest BCUT2D eigenvalue weighted by Gasteiger charge is 2.44. The minimum atomic E-state index is -0.349. The van der Waals surface area contributed by atoms with Gasteiger partial charge in [0.15, 0.2) is 0 Å². The molecule has 1 aliphatic rings. The van der Waals surface area contributed by atoms with Gasteiger partial charge in [0, 0.05) is 24.1 Å². The van der Waals surface area contributed by atoms with Gasteiger partial charge in [0.25, 0.3) is 0 Å². The molecule has 5 nitrogen and oxygen atoms in total. The second kappa shape index (κ2) is 5.37. The Morgan fingerprint density at radius 2 is 1.74 bits per heavy atom. The fourth-order valence-electron chi connectivity index (χ4n) is 2.36. The molecule has 0 aromatic heterocycles. The van der Waals surface area contributed by atoms with Crippen LogP contribution in [0, 0.1) is 11.3 Å². The summed E-state index contributed by atoms with van der Waals surface area (Å²) in [5.74, 6) is 1.98. The maximum Gasteiger partial charge on any atom is 0.130 e. The van der Waals surface area contributed by atoms with Gasteiger partial charge in [0.1, 0.15) is 17.2 Å². The minimum absolute atomic E-state index is 0.349. The van der Waals surface area contributed by atoms with Gasteiger partial charge in [-0.15, -0.1) is 0 Å². The largest absolute Gasteiger partial charge is 0.496 e. The Labute approximate surface area is 112 Å². The molecule has 1 heterocycles. The molecule has 0 spiro atoms. The summed E-state index contributed by atoms with van der Waals surface area (Å²) in [6.45, 7) is 0.999. The lowest BCUT2D eigenvalue weighted by Gasteiger charge is -2.41. The highest BCUT2D eigenvalue weighted by molar-refractivity contribution is 5.55. The summed E-state index contributed by atoms with van der Waals surface area (Å²) in [6, 6.07) is 5.82. The van der Waals surface area contributed by atoms with Crippen molar-refractivity contribution in [2.24, 2.45) is 0 Å². The normalized spacial score (nSPS) is 16.1. The summed E-state index contributed by atoms with van der Waals surface area (Å²) in [5, 5.41) is 9.04. The van der Waals surface area contributed by atoms with Gasteiger partial charge in [0.05, 0.1) is 46.0 Å². The van der Waals surface area contributed by atoms with E-state index < -0.39 is 0 Å². The third kappa shape index (κ3) is 2.20. The molecule has 1 fully saturated rings. The van der Waals surface area contributed by atoms with E-state index in [1.165, 1.54) is 0 Å². The van der Waals surface area contributed by atoms with Crippen molar-refractivity contribution in [2.45, 2.75) is 11.8 Å². The molecule has 0 saturated carbocycles. The van der Waals surface area contributed by atoms with Gasteiger partial charge < -0.3 is 18.9 Å². The quantitative estimate of drug-likeness (QED) is 0.812. The lowest BCUT2D eigenvalue weighted by Crippen LogP contribution is -2.46. The van der Waals surface area contributed by atoms with E-state index in [1.807, 2.05) is 0 Å². The number of hydrogen-bond acceptors (Lipinski definition) is 5. The first-order valence-electron chi connectivity index (χ1n) is 5.96. The Balaban J connectivity index is 2.57. The molecule has 0 radical (unpaired) electrons. The van der Waals surface area contributed by atoms with Crippen molar-refractivity contribution in [2.75, 3.05) is 34.5 Å². The van der Waals surface area contributed by atoms with Gasteiger partial charge in [-0.05, 0) is 0 Å². The van der Waals surface area contributed by atoms with E-state index >= 15 is 0 Å². The third-order valence-electron chi connectivity index (χ3n) is 3.42. The second-order valence-corrected chi connectivity index (χ2v) is 4.51. The molecule has 19 heavy (non-hydrogen) atoms. The van der Waals surface area contributed by atoms with Gasteiger partial charge in [-0.2, -0.15) is 5.26 Å². The Morgan fingerprint density at radius 1 is 1.16 bits per heavy atom. The van der Waals surface area contributed by atoms with Crippen LogP contribution in [0.5, 0.6) is 17.2 Å². The summed E-state index contributed by atoms with van der Waals surface area (Å²) >= 11 is 0. The number of rotatable bonds is 5. The topological polar surface area (TPSA) is 60.7 Å².